The third-order valence-corrected chi connectivity index (χ3v) is 5.20. The number of fused-ring (bicyclic) bond motifs is 1. The van der Waals surface area contributed by atoms with Crippen LogP contribution in [0.25, 0.3) is 0 Å². The van der Waals surface area contributed by atoms with Gasteiger partial charge in [0, 0.05) is 31.0 Å². The molecular weight excluding hydrogens is 288 g/mol. The Morgan fingerprint density at radius 2 is 2.43 bits per heavy atom. The van der Waals surface area contributed by atoms with Gasteiger partial charge in [-0.3, -0.25) is 10.2 Å². The molecule has 7 nitrogen and oxygen atoms in total. The summed E-state index contributed by atoms with van der Waals surface area (Å²) < 4.78 is 5.50. The van der Waals surface area contributed by atoms with Gasteiger partial charge in [0.25, 0.3) is 0 Å². The molecule has 2 atom stereocenters. The summed E-state index contributed by atoms with van der Waals surface area (Å²) in [5.41, 5.74) is 2.23. The van der Waals surface area contributed by atoms with Crippen molar-refractivity contribution in [3.8, 4) is 0 Å². The summed E-state index contributed by atoms with van der Waals surface area (Å²) in [6, 6.07) is 0.314. The van der Waals surface area contributed by atoms with E-state index in [1.54, 1.807) is 6.33 Å². The van der Waals surface area contributed by atoms with Crippen LogP contribution < -0.4 is 5.32 Å². The quantitative estimate of drug-likeness (QED) is 0.853. The fourth-order valence-corrected chi connectivity index (χ4v) is 4.04. The highest BCUT2D eigenvalue weighted by molar-refractivity contribution is 7.99. The maximum atomic E-state index is 5.50. The monoisotopic (exact) mass is 306 g/mol. The zero-order chi connectivity index (χ0) is 14.2. The Hall–Kier alpha value is -1.38. The summed E-state index contributed by atoms with van der Waals surface area (Å²) in [7, 11) is 2.12. The minimum atomic E-state index is 0.0589. The molecule has 1 saturated heterocycles. The van der Waals surface area contributed by atoms with Crippen molar-refractivity contribution in [1.29, 1.82) is 0 Å². The first-order valence-corrected chi connectivity index (χ1v) is 8.32. The summed E-state index contributed by atoms with van der Waals surface area (Å²) in [6.45, 7) is 1.83. The number of nitrogens with zero attached hydrogens (tertiary/aromatic N) is 4. The normalized spacial score (nSPS) is 26.7. The molecule has 2 N–H and O–H groups in total. The molecule has 2 aromatic heterocycles. The lowest BCUT2D eigenvalue weighted by Gasteiger charge is -2.29. The molecule has 2 aromatic rings. The van der Waals surface area contributed by atoms with Crippen LogP contribution in [0.1, 0.15) is 35.2 Å². The second-order valence-corrected chi connectivity index (χ2v) is 6.68. The topological polar surface area (TPSA) is 82.9 Å². The maximum absolute atomic E-state index is 5.50. The van der Waals surface area contributed by atoms with Crippen molar-refractivity contribution >= 4 is 11.8 Å². The number of thioether (sulfide) groups is 1. The molecular formula is C13H18N6OS. The Labute approximate surface area is 126 Å². The lowest BCUT2D eigenvalue weighted by molar-refractivity contribution is 0.255. The largest absolute Gasteiger partial charge is 0.347 e. The van der Waals surface area contributed by atoms with Gasteiger partial charge < -0.3 is 9.51 Å². The summed E-state index contributed by atoms with van der Waals surface area (Å²) >= 11 is 1.95. The molecule has 0 radical (unpaired) electrons. The van der Waals surface area contributed by atoms with E-state index in [0.29, 0.717) is 5.89 Å². The fourth-order valence-electron chi connectivity index (χ4n) is 2.83. The highest BCUT2D eigenvalue weighted by atomic mass is 32.2. The van der Waals surface area contributed by atoms with E-state index in [4.69, 9.17) is 4.52 Å². The molecule has 0 saturated carbocycles. The van der Waals surface area contributed by atoms with Gasteiger partial charge >= 0.3 is 0 Å². The van der Waals surface area contributed by atoms with Crippen LogP contribution in [0.2, 0.25) is 0 Å². The van der Waals surface area contributed by atoms with Crippen molar-refractivity contribution < 1.29 is 4.52 Å². The van der Waals surface area contributed by atoms with Crippen LogP contribution in [0.5, 0.6) is 0 Å². The lowest BCUT2D eigenvalue weighted by atomic mass is 10.1. The Bertz CT molecular complexity index is 626. The molecule has 112 valence electrons. The summed E-state index contributed by atoms with van der Waals surface area (Å²) in [5.74, 6) is 3.66. The average Bonchev–Trinajstić information content (AvgIpc) is 3.16. The van der Waals surface area contributed by atoms with Gasteiger partial charge in [0.1, 0.15) is 0 Å². The second-order valence-electron chi connectivity index (χ2n) is 5.53. The van der Waals surface area contributed by atoms with Gasteiger partial charge in [-0.15, -0.1) is 0 Å². The number of hydrogen-bond acceptors (Lipinski definition) is 7. The standard InChI is InChI=1S/C13H18N6OS/c1-19-2-3-21-6-11(19)12-17-13(20-18-12)9-4-8-10(5-14-9)16-7-15-8/h7,9,11,14H,2-6H2,1H3,(H,15,16). The molecule has 0 amide bonds. The average molecular weight is 306 g/mol. The first-order valence-electron chi connectivity index (χ1n) is 7.17. The number of H-pyrrole nitrogens is 1. The van der Waals surface area contributed by atoms with E-state index in [9.17, 15) is 0 Å². The van der Waals surface area contributed by atoms with Crippen LogP contribution in [0.15, 0.2) is 10.9 Å². The van der Waals surface area contributed by atoms with Crippen molar-refractivity contribution in [2.75, 3.05) is 25.1 Å². The van der Waals surface area contributed by atoms with Gasteiger partial charge in [0.05, 0.1) is 29.8 Å². The van der Waals surface area contributed by atoms with Gasteiger partial charge in [-0.25, -0.2) is 4.98 Å². The predicted molar refractivity (Wildman–Crippen MR) is 78.9 cm³/mol. The number of imidazole rings is 1. The van der Waals surface area contributed by atoms with Crippen molar-refractivity contribution in [2.24, 2.45) is 0 Å². The SMILES string of the molecule is CN1CCSCC1c1noc(C2Cc3nc[nH]c3CN2)n1. The van der Waals surface area contributed by atoms with Gasteiger partial charge in [0.15, 0.2) is 5.82 Å². The molecule has 2 aliphatic rings. The van der Waals surface area contributed by atoms with Gasteiger partial charge in [-0.05, 0) is 7.05 Å². The summed E-state index contributed by atoms with van der Waals surface area (Å²) in [5, 5.41) is 7.62. The molecule has 1 fully saturated rings. The molecule has 0 bridgehead atoms. The van der Waals surface area contributed by atoms with E-state index >= 15 is 0 Å². The van der Waals surface area contributed by atoms with Crippen molar-refractivity contribution in [2.45, 2.75) is 25.0 Å². The van der Waals surface area contributed by atoms with E-state index in [-0.39, 0.29) is 12.1 Å². The van der Waals surface area contributed by atoms with Crippen LogP contribution in [-0.4, -0.2) is 50.1 Å². The van der Waals surface area contributed by atoms with Gasteiger partial charge in [0.2, 0.25) is 5.89 Å². The van der Waals surface area contributed by atoms with Crippen molar-refractivity contribution in [1.82, 2.24) is 30.3 Å². The molecule has 4 rings (SSSR count). The zero-order valence-electron chi connectivity index (χ0n) is 11.9. The van der Waals surface area contributed by atoms with Crippen LogP contribution >= 0.6 is 11.8 Å². The van der Waals surface area contributed by atoms with Gasteiger partial charge in [-0.1, -0.05) is 5.16 Å². The molecule has 4 heterocycles. The molecule has 0 aromatic carbocycles. The van der Waals surface area contributed by atoms with Crippen LogP contribution in [0.4, 0.5) is 0 Å². The van der Waals surface area contributed by atoms with Crippen LogP contribution in [0.3, 0.4) is 0 Å². The Morgan fingerprint density at radius 1 is 1.48 bits per heavy atom. The number of nitrogens with one attached hydrogen (secondary N) is 2. The second kappa shape index (κ2) is 5.43. The number of hydrogen-bond donors (Lipinski definition) is 2. The molecule has 8 heteroatoms. The Balaban J connectivity index is 1.52. The molecule has 2 aliphatic heterocycles. The highest BCUT2D eigenvalue weighted by Gasteiger charge is 2.29. The molecule has 21 heavy (non-hydrogen) atoms. The van der Waals surface area contributed by atoms with Crippen LogP contribution in [0, 0.1) is 0 Å². The third kappa shape index (κ3) is 2.47. The molecule has 2 unspecified atom stereocenters. The van der Waals surface area contributed by atoms with E-state index in [1.165, 1.54) is 5.75 Å². The number of aromatic amines is 1. The lowest BCUT2D eigenvalue weighted by Crippen LogP contribution is -2.33. The highest BCUT2D eigenvalue weighted by Crippen LogP contribution is 2.28. The van der Waals surface area contributed by atoms with Gasteiger partial charge in [-0.2, -0.15) is 16.7 Å². The Morgan fingerprint density at radius 3 is 3.33 bits per heavy atom. The molecule has 0 spiro atoms. The minimum Gasteiger partial charge on any atom is -0.347 e. The number of rotatable bonds is 2. The molecule has 0 aliphatic carbocycles. The summed E-state index contributed by atoms with van der Waals surface area (Å²) in [6.07, 6.45) is 2.53. The van der Waals surface area contributed by atoms with E-state index < -0.39 is 0 Å². The van der Waals surface area contributed by atoms with E-state index in [2.05, 4.69) is 37.4 Å². The fraction of sp³-hybridized carbons (Fsp3) is 0.615. The first kappa shape index (κ1) is 13.3. The van der Waals surface area contributed by atoms with E-state index in [0.717, 1.165) is 42.5 Å². The number of aromatic nitrogens is 4. The van der Waals surface area contributed by atoms with E-state index in [1.807, 2.05) is 11.8 Å². The van der Waals surface area contributed by atoms with Crippen LogP contribution in [-0.2, 0) is 13.0 Å². The van der Waals surface area contributed by atoms with Crippen molar-refractivity contribution in [3.05, 3.63) is 29.4 Å². The maximum Gasteiger partial charge on any atom is 0.244 e. The van der Waals surface area contributed by atoms with Crippen molar-refractivity contribution in [3.63, 3.8) is 0 Å². The zero-order valence-corrected chi connectivity index (χ0v) is 12.7. The smallest absolute Gasteiger partial charge is 0.244 e. The third-order valence-electron chi connectivity index (χ3n) is 4.18. The summed E-state index contributed by atoms with van der Waals surface area (Å²) in [4.78, 5) is 14.4. The predicted octanol–water partition coefficient (Wildman–Crippen LogP) is 0.899. The first-order chi connectivity index (χ1) is 10.3. The minimum absolute atomic E-state index is 0.0589. The Kier molecular flexibility index (Phi) is 3.44.